The van der Waals surface area contributed by atoms with Crippen LogP contribution in [0, 0.1) is 17.2 Å². The Morgan fingerprint density at radius 2 is 1.84 bits per heavy atom. The van der Waals surface area contributed by atoms with Gasteiger partial charge >= 0.3 is 0 Å². The van der Waals surface area contributed by atoms with Crippen LogP contribution in [0.1, 0.15) is 39.2 Å². The van der Waals surface area contributed by atoms with Gasteiger partial charge in [0.15, 0.2) is 11.5 Å². The highest BCUT2D eigenvalue weighted by molar-refractivity contribution is 5.47. The monoisotopic (exact) mass is 261 g/mol. The predicted molar refractivity (Wildman–Crippen MR) is 76.6 cm³/mol. The van der Waals surface area contributed by atoms with E-state index >= 15 is 0 Å². The summed E-state index contributed by atoms with van der Waals surface area (Å²) in [6, 6.07) is 8.30. The molecule has 0 radical (unpaired) electrons. The van der Waals surface area contributed by atoms with E-state index in [-0.39, 0.29) is 5.92 Å². The second-order valence-electron chi connectivity index (χ2n) is 5.06. The molecule has 1 aromatic rings. The minimum atomic E-state index is -0.464. The lowest BCUT2D eigenvalue weighted by atomic mass is 9.70. The van der Waals surface area contributed by atoms with Crippen molar-refractivity contribution in [3.8, 4) is 17.6 Å². The van der Waals surface area contributed by atoms with Gasteiger partial charge in [0, 0.05) is 0 Å². The molecule has 0 saturated heterocycles. The standard InChI is InChI=1S/C16H23NO2/c1-6-9-16(11-17,12(2)3)13-7-8-14(18-4)15(10-13)19-5/h7-8,10,12H,6,9H2,1-5H3. The van der Waals surface area contributed by atoms with Crippen LogP contribution in [-0.4, -0.2) is 14.2 Å². The molecule has 0 heterocycles. The van der Waals surface area contributed by atoms with Gasteiger partial charge in [0.05, 0.1) is 25.7 Å². The first-order chi connectivity index (χ1) is 9.05. The van der Waals surface area contributed by atoms with Crippen LogP contribution in [0.15, 0.2) is 18.2 Å². The molecule has 0 amide bonds. The van der Waals surface area contributed by atoms with E-state index in [4.69, 9.17) is 9.47 Å². The molecule has 0 aromatic heterocycles. The summed E-state index contributed by atoms with van der Waals surface area (Å²) in [5, 5.41) is 9.70. The van der Waals surface area contributed by atoms with Gasteiger partial charge in [0.2, 0.25) is 0 Å². The van der Waals surface area contributed by atoms with E-state index in [1.54, 1.807) is 14.2 Å². The van der Waals surface area contributed by atoms with Crippen molar-refractivity contribution >= 4 is 0 Å². The first-order valence-corrected chi connectivity index (χ1v) is 6.69. The van der Waals surface area contributed by atoms with Gasteiger partial charge in [-0.3, -0.25) is 0 Å². The fourth-order valence-electron chi connectivity index (χ4n) is 2.52. The topological polar surface area (TPSA) is 42.2 Å². The van der Waals surface area contributed by atoms with Crippen LogP contribution in [0.4, 0.5) is 0 Å². The summed E-state index contributed by atoms with van der Waals surface area (Å²) >= 11 is 0. The average Bonchev–Trinajstić information content (AvgIpc) is 2.43. The average molecular weight is 261 g/mol. The van der Waals surface area contributed by atoms with Crippen LogP contribution in [0.3, 0.4) is 0 Å². The highest BCUT2D eigenvalue weighted by Crippen LogP contribution is 2.40. The van der Waals surface area contributed by atoms with Crippen LogP contribution in [-0.2, 0) is 5.41 Å². The highest BCUT2D eigenvalue weighted by atomic mass is 16.5. The molecule has 19 heavy (non-hydrogen) atoms. The number of hydrogen-bond donors (Lipinski definition) is 0. The van der Waals surface area contributed by atoms with E-state index in [0.717, 1.165) is 18.4 Å². The van der Waals surface area contributed by atoms with Crippen molar-refractivity contribution < 1.29 is 9.47 Å². The number of nitriles is 1. The zero-order valence-corrected chi connectivity index (χ0v) is 12.5. The van der Waals surface area contributed by atoms with Gasteiger partial charge in [0.25, 0.3) is 0 Å². The lowest BCUT2D eigenvalue weighted by molar-refractivity contribution is 0.344. The molecule has 1 aromatic carbocycles. The largest absolute Gasteiger partial charge is 0.493 e. The molecule has 0 saturated carbocycles. The third kappa shape index (κ3) is 2.84. The Morgan fingerprint density at radius 1 is 1.21 bits per heavy atom. The summed E-state index contributed by atoms with van der Waals surface area (Å²) in [6.07, 6.45) is 1.82. The SMILES string of the molecule is CCCC(C#N)(c1ccc(OC)c(OC)c1)C(C)C. The van der Waals surface area contributed by atoms with Crippen molar-refractivity contribution in [3.05, 3.63) is 23.8 Å². The molecule has 104 valence electrons. The Hall–Kier alpha value is -1.69. The molecular formula is C16H23NO2. The molecule has 3 nitrogen and oxygen atoms in total. The lowest BCUT2D eigenvalue weighted by Gasteiger charge is -2.31. The molecule has 0 fully saturated rings. The summed E-state index contributed by atoms with van der Waals surface area (Å²) in [7, 11) is 3.23. The summed E-state index contributed by atoms with van der Waals surface area (Å²) in [4.78, 5) is 0. The zero-order chi connectivity index (χ0) is 14.5. The first kappa shape index (κ1) is 15.4. The maximum Gasteiger partial charge on any atom is 0.161 e. The number of methoxy groups -OCH3 is 2. The third-order valence-corrected chi connectivity index (χ3v) is 3.73. The molecule has 1 rings (SSSR count). The summed E-state index contributed by atoms with van der Waals surface area (Å²) in [5.74, 6) is 1.62. The minimum Gasteiger partial charge on any atom is -0.493 e. The van der Waals surface area contributed by atoms with Gasteiger partial charge in [-0.1, -0.05) is 33.3 Å². The van der Waals surface area contributed by atoms with Crippen LogP contribution in [0.2, 0.25) is 0 Å². The van der Waals surface area contributed by atoms with E-state index in [0.29, 0.717) is 11.5 Å². The second kappa shape index (κ2) is 6.47. The second-order valence-corrected chi connectivity index (χ2v) is 5.06. The molecule has 0 aliphatic carbocycles. The van der Waals surface area contributed by atoms with E-state index in [1.165, 1.54) is 0 Å². The Morgan fingerprint density at radius 3 is 2.26 bits per heavy atom. The van der Waals surface area contributed by atoms with Crippen molar-refractivity contribution in [3.63, 3.8) is 0 Å². The maximum atomic E-state index is 9.70. The van der Waals surface area contributed by atoms with Gasteiger partial charge in [-0.05, 0) is 30.0 Å². The molecule has 1 atom stereocenters. The Labute approximate surface area is 116 Å². The van der Waals surface area contributed by atoms with Crippen LogP contribution in [0.25, 0.3) is 0 Å². The predicted octanol–water partition coefficient (Wildman–Crippen LogP) is 3.92. The molecule has 3 heteroatoms. The third-order valence-electron chi connectivity index (χ3n) is 3.73. The highest BCUT2D eigenvalue weighted by Gasteiger charge is 2.35. The number of nitrogens with zero attached hydrogens (tertiary/aromatic N) is 1. The van der Waals surface area contributed by atoms with Gasteiger partial charge in [-0.2, -0.15) is 5.26 Å². The number of rotatable bonds is 6. The van der Waals surface area contributed by atoms with Gasteiger partial charge in [0.1, 0.15) is 0 Å². The molecular weight excluding hydrogens is 238 g/mol. The smallest absolute Gasteiger partial charge is 0.161 e. The zero-order valence-electron chi connectivity index (χ0n) is 12.5. The number of benzene rings is 1. The van der Waals surface area contributed by atoms with Crippen molar-refractivity contribution in [1.82, 2.24) is 0 Å². The van der Waals surface area contributed by atoms with Crippen molar-refractivity contribution in [1.29, 1.82) is 5.26 Å². The van der Waals surface area contributed by atoms with E-state index in [2.05, 4.69) is 26.8 Å². The van der Waals surface area contributed by atoms with Gasteiger partial charge < -0.3 is 9.47 Å². The quantitative estimate of drug-likeness (QED) is 0.779. The van der Waals surface area contributed by atoms with Crippen LogP contribution in [0.5, 0.6) is 11.5 Å². The lowest BCUT2D eigenvalue weighted by Crippen LogP contribution is -2.30. The normalized spacial score (nSPS) is 13.7. The van der Waals surface area contributed by atoms with E-state index in [1.807, 2.05) is 18.2 Å². The number of ether oxygens (including phenoxy) is 2. The Bertz CT molecular complexity index is 462. The van der Waals surface area contributed by atoms with E-state index in [9.17, 15) is 5.26 Å². The molecule has 0 aliphatic rings. The van der Waals surface area contributed by atoms with Crippen molar-refractivity contribution in [2.24, 2.45) is 5.92 Å². The van der Waals surface area contributed by atoms with Crippen LogP contribution >= 0.6 is 0 Å². The first-order valence-electron chi connectivity index (χ1n) is 6.69. The summed E-state index contributed by atoms with van der Waals surface area (Å²) in [5.41, 5.74) is 0.540. The fourth-order valence-corrected chi connectivity index (χ4v) is 2.52. The molecule has 0 N–H and O–H groups in total. The van der Waals surface area contributed by atoms with Crippen molar-refractivity contribution in [2.75, 3.05) is 14.2 Å². The summed E-state index contributed by atoms with van der Waals surface area (Å²) in [6.45, 7) is 6.29. The molecule has 0 bridgehead atoms. The van der Waals surface area contributed by atoms with Gasteiger partial charge in [-0.25, -0.2) is 0 Å². The maximum absolute atomic E-state index is 9.70. The molecule has 0 aliphatic heterocycles. The van der Waals surface area contributed by atoms with E-state index < -0.39 is 5.41 Å². The minimum absolute atomic E-state index is 0.246. The van der Waals surface area contributed by atoms with Crippen molar-refractivity contribution in [2.45, 2.75) is 39.0 Å². The fraction of sp³-hybridized carbons (Fsp3) is 0.562. The Kier molecular flexibility index (Phi) is 5.23. The Balaban J connectivity index is 3.35. The molecule has 0 spiro atoms. The summed E-state index contributed by atoms with van der Waals surface area (Å²) < 4.78 is 10.6. The van der Waals surface area contributed by atoms with Crippen LogP contribution < -0.4 is 9.47 Å². The number of hydrogen-bond acceptors (Lipinski definition) is 3. The van der Waals surface area contributed by atoms with Gasteiger partial charge in [-0.15, -0.1) is 0 Å². The molecule has 1 unspecified atom stereocenters.